The van der Waals surface area contributed by atoms with Crippen molar-refractivity contribution in [2.75, 3.05) is 18.4 Å². The topological polar surface area (TPSA) is 204 Å². The third-order valence-electron chi connectivity index (χ3n) is 5.39. The zero-order chi connectivity index (χ0) is 29.7. The highest BCUT2D eigenvalue weighted by Gasteiger charge is 2.25. The largest absolute Gasteiger partial charge is 0.443 e. The quantitative estimate of drug-likeness (QED) is 0.149. The van der Waals surface area contributed by atoms with Crippen molar-refractivity contribution in [3.63, 3.8) is 0 Å². The summed E-state index contributed by atoms with van der Waals surface area (Å²) in [7, 11) is 0. The summed E-state index contributed by atoms with van der Waals surface area (Å²) in [6.45, 7) is 5.05. The molecule has 0 radical (unpaired) electrons. The van der Waals surface area contributed by atoms with Crippen LogP contribution in [0.2, 0.25) is 0 Å². The molecule has 15 nitrogen and oxygen atoms in total. The Morgan fingerprint density at radius 2 is 1.50 bits per heavy atom. The van der Waals surface area contributed by atoms with Gasteiger partial charge in [-0.15, -0.1) is 0 Å². The number of nitrogens with one attached hydrogen (secondary N) is 6. The molecule has 0 spiro atoms. The second kappa shape index (κ2) is 15.5. The molecule has 15 heteroatoms. The minimum atomic E-state index is -0.969. The highest BCUT2D eigenvalue weighted by molar-refractivity contribution is 6.13. The van der Waals surface area contributed by atoms with Crippen molar-refractivity contribution in [2.45, 2.75) is 52.3 Å². The molecule has 216 valence electrons. The number of nitrogens with zero attached hydrogens (tertiary/aromatic N) is 1. The number of carbonyl (C=O) groups is 7. The van der Waals surface area contributed by atoms with Crippen LogP contribution in [0, 0.1) is 0 Å². The number of ether oxygens (including phenoxy) is 1. The smallest absolute Gasteiger partial charge is 0.426 e. The Kier molecular flexibility index (Phi) is 12.1. The van der Waals surface area contributed by atoms with E-state index < -0.39 is 53.7 Å². The number of imide groups is 1. The Morgan fingerprint density at radius 3 is 2.12 bits per heavy atom. The number of carbonyl (C=O) groups excluding carboxylic acids is 7. The number of anilines is 1. The van der Waals surface area contributed by atoms with E-state index in [9.17, 15) is 33.6 Å². The molecule has 2 atom stereocenters. The molecular formula is C25H33N7O8. The summed E-state index contributed by atoms with van der Waals surface area (Å²) in [6.07, 6.45) is 1.95. The number of hydrazine groups is 1. The molecular weight excluding hydrogens is 526 g/mol. The second-order valence-electron chi connectivity index (χ2n) is 8.70. The molecule has 1 aromatic carbocycles. The third-order valence-corrected chi connectivity index (χ3v) is 5.39. The van der Waals surface area contributed by atoms with E-state index in [1.807, 2.05) is 6.92 Å². The highest BCUT2D eigenvalue weighted by atomic mass is 16.6. The van der Waals surface area contributed by atoms with Crippen molar-refractivity contribution in [2.24, 2.45) is 0 Å². The number of rotatable bonds is 12. The molecule has 6 N–H and O–H groups in total. The summed E-state index contributed by atoms with van der Waals surface area (Å²) in [4.78, 5) is 84.0. The predicted octanol–water partition coefficient (Wildman–Crippen LogP) is -0.200. The number of benzene rings is 1. The van der Waals surface area contributed by atoms with Gasteiger partial charge in [-0.05, 0) is 38.0 Å². The van der Waals surface area contributed by atoms with Gasteiger partial charge in [0, 0.05) is 37.3 Å². The second-order valence-corrected chi connectivity index (χ2v) is 8.70. The molecule has 1 aliphatic heterocycles. The minimum absolute atomic E-state index is 0.0874. The molecule has 1 heterocycles. The molecule has 0 aliphatic carbocycles. The van der Waals surface area contributed by atoms with E-state index in [1.165, 1.54) is 13.8 Å². The van der Waals surface area contributed by atoms with E-state index in [0.717, 1.165) is 23.5 Å². The zero-order valence-corrected chi connectivity index (χ0v) is 22.4. The molecule has 40 heavy (non-hydrogen) atoms. The van der Waals surface area contributed by atoms with Crippen LogP contribution in [0.5, 0.6) is 0 Å². The van der Waals surface area contributed by atoms with Gasteiger partial charge in [-0.1, -0.05) is 19.1 Å². The first-order valence-corrected chi connectivity index (χ1v) is 12.5. The molecule has 1 aliphatic rings. The minimum Gasteiger partial charge on any atom is -0.443 e. The van der Waals surface area contributed by atoms with Crippen molar-refractivity contribution in [1.29, 1.82) is 0 Å². The van der Waals surface area contributed by atoms with Gasteiger partial charge in [0.25, 0.3) is 11.8 Å². The van der Waals surface area contributed by atoms with Crippen LogP contribution < -0.4 is 32.1 Å². The molecule has 1 aromatic rings. The van der Waals surface area contributed by atoms with Gasteiger partial charge in [0.15, 0.2) is 0 Å². The molecule has 0 saturated heterocycles. The lowest BCUT2D eigenvalue weighted by Crippen LogP contribution is -2.50. The van der Waals surface area contributed by atoms with Crippen molar-refractivity contribution in [3.8, 4) is 0 Å². The van der Waals surface area contributed by atoms with E-state index in [0.29, 0.717) is 17.8 Å². The molecule has 8 amide bonds. The lowest BCUT2D eigenvalue weighted by atomic mass is 10.2. The number of hydrogen-bond acceptors (Lipinski definition) is 8. The van der Waals surface area contributed by atoms with E-state index in [2.05, 4.69) is 32.1 Å². The summed E-state index contributed by atoms with van der Waals surface area (Å²) >= 11 is 0. The van der Waals surface area contributed by atoms with Crippen LogP contribution in [0.3, 0.4) is 0 Å². The maximum absolute atomic E-state index is 12.5. The maximum atomic E-state index is 12.5. The van der Waals surface area contributed by atoms with Crippen molar-refractivity contribution in [1.82, 2.24) is 31.7 Å². The third kappa shape index (κ3) is 10.4. The van der Waals surface area contributed by atoms with Gasteiger partial charge in [0.2, 0.25) is 17.7 Å². The van der Waals surface area contributed by atoms with Gasteiger partial charge in [-0.2, -0.15) is 0 Å². The van der Waals surface area contributed by atoms with Crippen LogP contribution in [0.25, 0.3) is 0 Å². The molecule has 0 aromatic heterocycles. The molecule has 0 fully saturated rings. The van der Waals surface area contributed by atoms with Crippen LogP contribution in [-0.4, -0.2) is 71.7 Å². The van der Waals surface area contributed by atoms with Gasteiger partial charge in [-0.3, -0.25) is 28.9 Å². The average molecular weight is 560 g/mol. The Bertz CT molecular complexity index is 1130. The van der Waals surface area contributed by atoms with Crippen LogP contribution in [0.4, 0.5) is 15.3 Å². The van der Waals surface area contributed by atoms with Gasteiger partial charge in [0.1, 0.15) is 18.7 Å². The first-order chi connectivity index (χ1) is 19.0. The standard InChI is InChI=1S/C25H33N7O8/c1-4-12-26-24(38)30-31-25(39)40-14-17-5-7-18(8-6-17)29-23(37)16(3)28-22(36)15(2)27-19(33)11-13-32-20(34)9-10-21(32)35/h5-10,15-16H,4,11-14H2,1-3H3,(H,27,33)(H,28,36)(H,29,37)(H,31,39)(H2,26,30,38)/t15-,16-/m0/s1. The van der Waals surface area contributed by atoms with Crippen LogP contribution in [0.1, 0.15) is 39.2 Å². The molecule has 0 saturated carbocycles. The van der Waals surface area contributed by atoms with Crippen molar-refractivity contribution in [3.05, 3.63) is 42.0 Å². The Hall–Kier alpha value is -4.95. The molecule has 2 rings (SSSR count). The lowest BCUT2D eigenvalue weighted by molar-refractivity contribution is -0.137. The summed E-state index contributed by atoms with van der Waals surface area (Å²) in [5.41, 5.74) is 5.29. The monoisotopic (exact) mass is 559 g/mol. The average Bonchev–Trinajstić information content (AvgIpc) is 3.25. The summed E-state index contributed by atoms with van der Waals surface area (Å²) in [5.74, 6) is -2.66. The van der Waals surface area contributed by atoms with Gasteiger partial charge >= 0.3 is 12.1 Å². The Balaban J connectivity index is 1.70. The van der Waals surface area contributed by atoms with E-state index in [4.69, 9.17) is 4.74 Å². The fourth-order valence-electron chi connectivity index (χ4n) is 3.16. The van der Waals surface area contributed by atoms with Crippen LogP contribution in [0.15, 0.2) is 36.4 Å². The fraction of sp³-hybridized carbons (Fsp3) is 0.400. The van der Waals surface area contributed by atoms with Crippen molar-refractivity contribution >= 4 is 47.3 Å². The zero-order valence-electron chi connectivity index (χ0n) is 22.4. The number of hydrogen-bond donors (Lipinski definition) is 6. The van der Waals surface area contributed by atoms with Crippen LogP contribution >= 0.6 is 0 Å². The number of amides is 8. The van der Waals surface area contributed by atoms with Gasteiger partial charge < -0.3 is 26.0 Å². The SMILES string of the molecule is CCCNC(=O)NNC(=O)OCc1ccc(NC(=O)[C@H](C)NC(=O)[C@H](C)NC(=O)CCN2C(=O)C=CC2=O)cc1. The molecule has 0 bridgehead atoms. The van der Waals surface area contributed by atoms with E-state index in [1.54, 1.807) is 24.3 Å². The Morgan fingerprint density at radius 1 is 0.875 bits per heavy atom. The predicted molar refractivity (Wildman–Crippen MR) is 141 cm³/mol. The van der Waals surface area contributed by atoms with Crippen LogP contribution in [-0.2, 0) is 35.3 Å². The van der Waals surface area contributed by atoms with E-state index >= 15 is 0 Å². The number of urea groups is 1. The van der Waals surface area contributed by atoms with E-state index in [-0.39, 0.29) is 19.6 Å². The fourth-order valence-corrected chi connectivity index (χ4v) is 3.16. The summed E-state index contributed by atoms with van der Waals surface area (Å²) < 4.78 is 4.99. The Labute approximate surface area is 230 Å². The maximum Gasteiger partial charge on any atom is 0.426 e. The van der Waals surface area contributed by atoms with Crippen molar-refractivity contribution < 1.29 is 38.3 Å². The first-order valence-electron chi connectivity index (χ1n) is 12.5. The van der Waals surface area contributed by atoms with Gasteiger partial charge in [-0.25, -0.2) is 20.4 Å². The highest BCUT2D eigenvalue weighted by Crippen LogP contribution is 2.11. The summed E-state index contributed by atoms with van der Waals surface area (Å²) in [6, 6.07) is 3.91. The normalized spacial score (nSPS) is 13.6. The molecule has 0 unspecified atom stereocenters. The first kappa shape index (κ1) is 31.3. The summed E-state index contributed by atoms with van der Waals surface area (Å²) in [5, 5.41) is 10.1. The van der Waals surface area contributed by atoms with Gasteiger partial charge in [0.05, 0.1) is 0 Å². The lowest BCUT2D eigenvalue weighted by Gasteiger charge is -2.19.